The van der Waals surface area contributed by atoms with Crippen molar-refractivity contribution in [1.82, 2.24) is 0 Å². The Morgan fingerprint density at radius 3 is 2.22 bits per heavy atom. The second kappa shape index (κ2) is 6.05. The van der Waals surface area contributed by atoms with Crippen LogP contribution in [0, 0.1) is 11.3 Å². The number of aliphatic imine (C=N–C) groups is 1. The summed E-state index contributed by atoms with van der Waals surface area (Å²) in [5.41, 5.74) is 6.35. The summed E-state index contributed by atoms with van der Waals surface area (Å²) in [6.07, 6.45) is 4.32. The highest BCUT2D eigenvalue weighted by Crippen LogP contribution is 2.42. The Hall–Kier alpha value is -0.570. The van der Waals surface area contributed by atoms with Crippen molar-refractivity contribution >= 4 is 5.84 Å². The molecule has 0 heterocycles. The first-order chi connectivity index (χ1) is 8.31. The third-order valence-electron chi connectivity index (χ3n) is 3.93. The highest BCUT2D eigenvalue weighted by atomic mass is 16.5. The molecular formula is C15H30N2O. The van der Waals surface area contributed by atoms with Crippen LogP contribution in [0.4, 0.5) is 0 Å². The fraction of sp³-hybridized carbons (Fsp3) is 0.933. The van der Waals surface area contributed by atoms with Gasteiger partial charge >= 0.3 is 0 Å². The van der Waals surface area contributed by atoms with E-state index < -0.39 is 0 Å². The second-order valence-corrected chi connectivity index (χ2v) is 6.71. The van der Waals surface area contributed by atoms with Gasteiger partial charge in [-0.15, -0.1) is 0 Å². The molecule has 0 radical (unpaired) electrons. The molecule has 1 aliphatic carbocycles. The van der Waals surface area contributed by atoms with Crippen LogP contribution in [0.5, 0.6) is 0 Å². The van der Waals surface area contributed by atoms with E-state index in [2.05, 4.69) is 32.7 Å². The molecule has 0 spiro atoms. The van der Waals surface area contributed by atoms with Gasteiger partial charge < -0.3 is 10.5 Å². The molecule has 2 N–H and O–H groups in total. The lowest BCUT2D eigenvalue weighted by Crippen LogP contribution is -2.50. The van der Waals surface area contributed by atoms with E-state index in [0.717, 1.165) is 32.2 Å². The third kappa shape index (κ3) is 3.98. The smallest absolute Gasteiger partial charge is 0.126 e. The first kappa shape index (κ1) is 15.5. The van der Waals surface area contributed by atoms with Crippen molar-refractivity contribution < 1.29 is 4.74 Å². The minimum atomic E-state index is -0.292. The Labute approximate surface area is 112 Å². The number of rotatable bonds is 5. The fourth-order valence-electron chi connectivity index (χ4n) is 2.51. The molecule has 0 amide bonds. The summed E-state index contributed by atoms with van der Waals surface area (Å²) in [4.78, 5) is 4.56. The summed E-state index contributed by atoms with van der Waals surface area (Å²) in [5.74, 6) is 1.26. The molecule has 0 aliphatic heterocycles. The molecule has 106 valence electrons. The Morgan fingerprint density at radius 2 is 1.78 bits per heavy atom. The summed E-state index contributed by atoms with van der Waals surface area (Å²) in [5, 5.41) is 0. The molecule has 0 bridgehead atoms. The Bertz CT molecular complexity index is 285. The number of nitrogens with zero attached hydrogens (tertiary/aromatic N) is 1. The maximum Gasteiger partial charge on any atom is 0.126 e. The number of hydrogen-bond acceptors (Lipinski definition) is 2. The van der Waals surface area contributed by atoms with Crippen LogP contribution < -0.4 is 5.73 Å². The molecule has 0 atom stereocenters. The predicted molar refractivity (Wildman–Crippen MR) is 77.9 cm³/mol. The van der Waals surface area contributed by atoms with E-state index >= 15 is 0 Å². The van der Waals surface area contributed by atoms with Crippen LogP contribution in [-0.4, -0.2) is 24.6 Å². The van der Waals surface area contributed by atoms with E-state index in [1.807, 2.05) is 6.92 Å². The quantitative estimate of drug-likeness (QED) is 0.604. The molecule has 0 aromatic carbocycles. The van der Waals surface area contributed by atoms with Gasteiger partial charge in [-0.2, -0.15) is 0 Å². The van der Waals surface area contributed by atoms with Crippen LogP contribution in [0.25, 0.3) is 0 Å². The van der Waals surface area contributed by atoms with Gasteiger partial charge in [0.25, 0.3) is 0 Å². The number of ether oxygens (including phenoxy) is 1. The van der Waals surface area contributed by atoms with Crippen LogP contribution in [0.1, 0.15) is 60.3 Å². The largest absolute Gasteiger partial charge is 0.385 e. The van der Waals surface area contributed by atoms with E-state index in [0.29, 0.717) is 23.8 Å². The van der Waals surface area contributed by atoms with Gasteiger partial charge in [0.2, 0.25) is 0 Å². The molecule has 0 saturated heterocycles. The van der Waals surface area contributed by atoms with Crippen molar-refractivity contribution in [3.05, 3.63) is 0 Å². The van der Waals surface area contributed by atoms with Gasteiger partial charge in [-0.05, 0) is 43.9 Å². The first-order valence-electron chi connectivity index (χ1n) is 7.26. The zero-order valence-electron chi connectivity index (χ0n) is 12.8. The summed E-state index contributed by atoms with van der Waals surface area (Å²) in [6, 6.07) is 0. The van der Waals surface area contributed by atoms with Crippen LogP contribution >= 0.6 is 0 Å². The predicted octanol–water partition coefficient (Wildman–Crippen LogP) is 3.38. The molecule has 1 rings (SSSR count). The lowest BCUT2D eigenvalue weighted by Gasteiger charge is -2.42. The molecule has 0 aromatic rings. The molecule has 3 heteroatoms. The first-order valence-corrected chi connectivity index (χ1v) is 7.26. The molecule has 1 aliphatic rings. The maximum atomic E-state index is 6.23. The van der Waals surface area contributed by atoms with Crippen molar-refractivity contribution in [2.75, 3.05) is 13.2 Å². The average molecular weight is 254 g/mol. The molecular weight excluding hydrogens is 224 g/mol. The standard InChI is InChI=1S/C15H30N2O/c1-6-18-15(13(16)17-11-12(2)3)9-7-14(4,5)8-10-15/h12H,6-11H2,1-5H3,(H2,16,17). The van der Waals surface area contributed by atoms with Crippen molar-refractivity contribution in [1.29, 1.82) is 0 Å². The van der Waals surface area contributed by atoms with Crippen molar-refractivity contribution in [3.8, 4) is 0 Å². The zero-order chi connectivity index (χ0) is 13.8. The number of hydrogen-bond donors (Lipinski definition) is 1. The van der Waals surface area contributed by atoms with E-state index in [1.165, 1.54) is 0 Å². The van der Waals surface area contributed by atoms with E-state index in [9.17, 15) is 0 Å². The number of amidine groups is 1. The van der Waals surface area contributed by atoms with Gasteiger partial charge in [0.1, 0.15) is 11.4 Å². The zero-order valence-corrected chi connectivity index (χ0v) is 12.8. The molecule has 3 nitrogen and oxygen atoms in total. The highest BCUT2D eigenvalue weighted by Gasteiger charge is 2.41. The molecule has 1 fully saturated rings. The van der Waals surface area contributed by atoms with Crippen molar-refractivity contribution in [3.63, 3.8) is 0 Å². The van der Waals surface area contributed by atoms with Gasteiger partial charge in [0, 0.05) is 13.2 Å². The Balaban J connectivity index is 2.78. The summed E-state index contributed by atoms with van der Waals surface area (Å²) in [7, 11) is 0. The van der Waals surface area contributed by atoms with Gasteiger partial charge in [0.15, 0.2) is 0 Å². The minimum Gasteiger partial charge on any atom is -0.385 e. The topological polar surface area (TPSA) is 47.6 Å². The summed E-state index contributed by atoms with van der Waals surface area (Å²) in [6.45, 7) is 12.5. The lowest BCUT2D eigenvalue weighted by molar-refractivity contribution is -0.0341. The van der Waals surface area contributed by atoms with Crippen LogP contribution in [0.3, 0.4) is 0 Å². The van der Waals surface area contributed by atoms with Crippen molar-refractivity contribution in [2.24, 2.45) is 22.1 Å². The normalized spacial score (nSPS) is 23.3. The fourth-order valence-corrected chi connectivity index (χ4v) is 2.51. The number of nitrogens with two attached hydrogens (primary N) is 1. The van der Waals surface area contributed by atoms with E-state index in [1.54, 1.807) is 0 Å². The lowest BCUT2D eigenvalue weighted by atomic mass is 9.70. The SMILES string of the molecule is CCOC1(C(N)=NCC(C)C)CCC(C)(C)CC1. The Morgan fingerprint density at radius 1 is 1.22 bits per heavy atom. The Kier molecular flexibility index (Phi) is 5.20. The molecule has 0 unspecified atom stereocenters. The van der Waals surface area contributed by atoms with Crippen LogP contribution in [0.2, 0.25) is 0 Å². The van der Waals surface area contributed by atoms with E-state index in [4.69, 9.17) is 10.5 Å². The summed E-state index contributed by atoms with van der Waals surface area (Å²) >= 11 is 0. The molecule has 18 heavy (non-hydrogen) atoms. The van der Waals surface area contributed by atoms with Gasteiger partial charge in [-0.1, -0.05) is 27.7 Å². The van der Waals surface area contributed by atoms with Gasteiger partial charge in [0.05, 0.1) is 0 Å². The summed E-state index contributed by atoms with van der Waals surface area (Å²) < 4.78 is 6.00. The van der Waals surface area contributed by atoms with Gasteiger partial charge in [-0.3, -0.25) is 4.99 Å². The van der Waals surface area contributed by atoms with Gasteiger partial charge in [-0.25, -0.2) is 0 Å². The van der Waals surface area contributed by atoms with Crippen LogP contribution in [-0.2, 0) is 4.74 Å². The van der Waals surface area contributed by atoms with Crippen LogP contribution in [0.15, 0.2) is 4.99 Å². The second-order valence-electron chi connectivity index (χ2n) is 6.71. The monoisotopic (exact) mass is 254 g/mol. The molecule has 0 aromatic heterocycles. The van der Waals surface area contributed by atoms with E-state index in [-0.39, 0.29) is 5.60 Å². The minimum absolute atomic E-state index is 0.292. The average Bonchev–Trinajstić information content (AvgIpc) is 2.29. The highest BCUT2D eigenvalue weighted by molar-refractivity contribution is 5.89. The van der Waals surface area contributed by atoms with Crippen molar-refractivity contribution in [2.45, 2.75) is 65.9 Å². The third-order valence-corrected chi connectivity index (χ3v) is 3.93. The maximum absolute atomic E-state index is 6.23. The molecule has 1 saturated carbocycles.